The Morgan fingerprint density at radius 2 is 1.97 bits per heavy atom. The number of H-pyrrole nitrogens is 1. The number of para-hydroxylation sites is 1. The maximum Gasteiger partial charge on any atom is 0.264 e. The molecule has 0 atom stereocenters. The second-order valence-electron chi connectivity index (χ2n) is 8.13. The number of aromatic amines is 1. The first-order valence-electron chi connectivity index (χ1n) is 10.3. The van der Waals surface area contributed by atoms with Crippen molar-refractivity contribution < 1.29 is 13.2 Å². The van der Waals surface area contributed by atoms with Gasteiger partial charge in [-0.2, -0.15) is 0 Å². The van der Waals surface area contributed by atoms with Crippen molar-refractivity contribution in [3.63, 3.8) is 0 Å². The van der Waals surface area contributed by atoms with Crippen molar-refractivity contribution in [2.24, 2.45) is 5.92 Å². The van der Waals surface area contributed by atoms with Crippen LogP contribution in [0.2, 0.25) is 0 Å². The van der Waals surface area contributed by atoms with E-state index >= 15 is 0 Å². The number of carbonyl (C=O) groups is 1. The topological polar surface area (TPSA) is 99.3 Å². The average molecular weight is 440 g/mol. The Balaban J connectivity index is 1.70. The van der Waals surface area contributed by atoms with Gasteiger partial charge in [0.15, 0.2) is 0 Å². The number of rotatable bonds is 6. The molecule has 0 spiro atoms. The number of hydrogen-bond acceptors (Lipinski definition) is 4. The summed E-state index contributed by atoms with van der Waals surface area (Å²) in [6, 6.07) is 11.8. The van der Waals surface area contributed by atoms with Crippen LogP contribution in [0.3, 0.4) is 0 Å². The quantitative estimate of drug-likeness (QED) is 0.617. The monoisotopic (exact) mass is 439 g/mol. The Bertz CT molecular complexity index is 1310. The third-order valence-electron chi connectivity index (χ3n) is 5.54. The number of pyridine rings is 1. The van der Waals surface area contributed by atoms with E-state index in [1.807, 2.05) is 18.2 Å². The molecule has 7 nitrogen and oxygen atoms in total. The molecule has 0 saturated carbocycles. The van der Waals surface area contributed by atoms with Gasteiger partial charge in [-0.1, -0.05) is 32.0 Å². The lowest BCUT2D eigenvalue weighted by molar-refractivity contribution is 0.0951. The molecule has 2 heterocycles. The van der Waals surface area contributed by atoms with Crippen molar-refractivity contribution in [1.82, 2.24) is 10.3 Å². The van der Waals surface area contributed by atoms with Crippen molar-refractivity contribution in [1.29, 1.82) is 0 Å². The molecule has 2 aromatic carbocycles. The molecule has 1 amide bonds. The van der Waals surface area contributed by atoms with Gasteiger partial charge in [-0.05, 0) is 48.6 Å². The van der Waals surface area contributed by atoms with Crippen LogP contribution in [0.5, 0.6) is 0 Å². The SMILES string of the molecule is CC(C)CCNC(=O)c1c[nH]c2ccc(S(=O)(=O)N3CCc4ccccc43)cc2c1=O. The first kappa shape index (κ1) is 21.1. The Morgan fingerprint density at radius 1 is 1.19 bits per heavy atom. The third-order valence-corrected chi connectivity index (χ3v) is 7.35. The molecule has 0 bridgehead atoms. The minimum atomic E-state index is -3.84. The number of hydrogen-bond donors (Lipinski definition) is 2. The summed E-state index contributed by atoms with van der Waals surface area (Å²) in [5.74, 6) is -0.0378. The van der Waals surface area contributed by atoms with Crippen LogP contribution in [0.4, 0.5) is 5.69 Å². The number of amides is 1. The van der Waals surface area contributed by atoms with Crippen LogP contribution in [-0.2, 0) is 16.4 Å². The molecule has 0 unspecified atom stereocenters. The minimum absolute atomic E-state index is 0.0274. The molecule has 1 aromatic heterocycles. The second kappa shape index (κ2) is 8.19. The normalized spacial score (nSPS) is 13.6. The number of sulfonamides is 1. The number of nitrogens with zero attached hydrogens (tertiary/aromatic N) is 1. The fraction of sp³-hybridized carbons (Fsp3) is 0.304. The van der Waals surface area contributed by atoms with E-state index < -0.39 is 21.4 Å². The van der Waals surface area contributed by atoms with E-state index in [9.17, 15) is 18.0 Å². The highest BCUT2D eigenvalue weighted by Crippen LogP contribution is 2.33. The molecule has 1 aliphatic rings. The fourth-order valence-electron chi connectivity index (χ4n) is 3.78. The van der Waals surface area contributed by atoms with Crippen LogP contribution in [0.1, 0.15) is 36.2 Å². The van der Waals surface area contributed by atoms with Crippen molar-refractivity contribution in [3.8, 4) is 0 Å². The summed E-state index contributed by atoms with van der Waals surface area (Å²) >= 11 is 0. The van der Waals surface area contributed by atoms with E-state index in [0.717, 1.165) is 12.0 Å². The van der Waals surface area contributed by atoms with Crippen LogP contribution in [-0.4, -0.2) is 32.4 Å². The number of fused-ring (bicyclic) bond motifs is 2. The van der Waals surface area contributed by atoms with E-state index in [1.165, 1.54) is 22.6 Å². The third kappa shape index (κ3) is 3.95. The summed E-state index contributed by atoms with van der Waals surface area (Å²) in [5, 5.41) is 2.92. The number of nitrogens with one attached hydrogen (secondary N) is 2. The molecule has 0 fully saturated rings. The highest BCUT2D eigenvalue weighted by molar-refractivity contribution is 7.92. The largest absolute Gasteiger partial charge is 0.360 e. The molecule has 8 heteroatoms. The van der Waals surface area contributed by atoms with E-state index in [4.69, 9.17) is 0 Å². The van der Waals surface area contributed by atoms with Crippen molar-refractivity contribution in [3.05, 3.63) is 70.0 Å². The molecule has 31 heavy (non-hydrogen) atoms. The Kier molecular flexibility index (Phi) is 5.58. The van der Waals surface area contributed by atoms with Gasteiger partial charge in [0, 0.05) is 30.2 Å². The van der Waals surface area contributed by atoms with Crippen LogP contribution in [0, 0.1) is 5.92 Å². The molecule has 4 rings (SSSR count). The zero-order chi connectivity index (χ0) is 22.2. The highest BCUT2D eigenvalue weighted by atomic mass is 32.2. The predicted molar refractivity (Wildman–Crippen MR) is 121 cm³/mol. The number of aromatic nitrogens is 1. The van der Waals surface area contributed by atoms with Gasteiger partial charge in [-0.3, -0.25) is 13.9 Å². The van der Waals surface area contributed by atoms with Gasteiger partial charge < -0.3 is 10.3 Å². The summed E-state index contributed by atoms with van der Waals surface area (Å²) in [5.41, 5.74) is 1.59. The van der Waals surface area contributed by atoms with Crippen LogP contribution in [0.15, 0.2) is 58.4 Å². The zero-order valence-corrected chi connectivity index (χ0v) is 18.3. The molecular weight excluding hydrogens is 414 g/mol. The summed E-state index contributed by atoms with van der Waals surface area (Å²) in [4.78, 5) is 28.4. The van der Waals surface area contributed by atoms with Gasteiger partial charge in [0.05, 0.1) is 10.6 Å². The summed E-state index contributed by atoms with van der Waals surface area (Å²) in [6.07, 6.45) is 2.82. The van der Waals surface area contributed by atoms with E-state index in [-0.39, 0.29) is 15.8 Å². The van der Waals surface area contributed by atoms with Gasteiger partial charge in [0.2, 0.25) is 5.43 Å². The molecule has 3 aromatic rings. The summed E-state index contributed by atoms with van der Waals surface area (Å²) in [7, 11) is -3.84. The number of benzene rings is 2. The Hall–Kier alpha value is -3.13. The lowest BCUT2D eigenvalue weighted by Gasteiger charge is -2.19. The van der Waals surface area contributed by atoms with E-state index in [1.54, 1.807) is 12.1 Å². The van der Waals surface area contributed by atoms with Gasteiger partial charge in [-0.25, -0.2) is 8.42 Å². The Morgan fingerprint density at radius 3 is 2.74 bits per heavy atom. The molecule has 1 aliphatic heterocycles. The van der Waals surface area contributed by atoms with Gasteiger partial charge in [-0.15, -0.1) is 0 Å². The van der Waals surface area contributed by atoms with Crippen molar-refractivity contribution >= 4 is 32.5 Å². The van der Waals surface area contributed by atoms with E-state index in [0.29, 0.717) is 36.6 Å². The lowest BCUT2D eigenvalue weighted by Crippen LogP contribution is -2.31. The molecule has 0 aliphatic carbocycles. The molecule has 2 N–H and O–H groups in total. The first-order valence-corrected chi connectivity index (χ1v) is 11.8. The van der Waals surface area contributed by atoms with Crippen LogP contribution in [0.25, 0.3) is 10.9 Å². The maximum absolute atomic E-state index is 13.3. The number of anilines is 1. The predicted octanol–water partition coefficient (Wildman–Crippen LogP) is 3.06. The maximum atomic E-state index is 13.3. The molecular formula is C23H25N3O4S. The van der Waals surface area contributed by atoms with Gasteiger partial charge >= 0.3 is 0 Å². The van der Waals surface area contributed by atoms with Crippen molar-refractivity contribution in [2.45, 2.75) is 31.6 Å². The van der Waals surface area contributed by atoms with Gasteiger partial charge in [0.1, 0.15) is 5.56 Å². The Labute approximate surface area is 181 Å². The zero-order valence-electron chi connectivity index (χ0n) is 17.5. The average Bonchev–Trinajstić information content (AvgIpc) is 3.18. The molecule has 162 valence electrons. The summed E-state index contributed by atoms with van der Waals surface area (Å²) < 4.78 is 28.0. The molecule has 0 radical (unpaired) electrons. The standard InChI is InChI=1S/C23H25N3O4S/c1-15(2)9-11-24-23(28)19-14-25-20-8-7-17(13-18(20)22(19)27)31(29,30)26-12-10-16-5-3-4-6-21(16)26/h3-8,13-15H,9-12H2,1-2H3,(H,24,28)(H,25,27). The second-order valence-corrected chi connectivity index (χ2v) is 10.00. The molecule has 0 saturated heterocycles. The number of carbonyl (C=O) groups excluding carboxylic acids is 1. The fourth-order valence-corrected chi connectivity index (χ4v) is 5.31. The van der Waals surface area contributed by atoms with E-state index in [2.05, 4.69) is 24.1 Å². The minimum Gasteiger partial charge on any atom is -0.360 e. The highest BCUT2D eigenvalue weighted by Gasteiger charge is 2.31. The lowest BCUT2D eigenvalue weighted by atomic mass is 10.1. The smallest absolute Gasteiger partial charge is 0.264 e. The van der Waals surface area contributed by atoms with Gasteiger partial charge in [0.25, 0.3) is 15.9 Å². The first-order chi connectivity index (χ1) is 14.8. The van der Waals surface area contributed by atoms with Crippen LogP contribution < -0.4 is 15.1 Å². The van der Waals surface area contributed by atoms with Crippen LogP contribution >= 0.6 is 0 Å². The summed E-state index contributed by atoms with van der Waals surface area (Å²) in [6.45, 7) is 4.93. The van der Waals surface area contributed by atoms with Crippen molar-refractivity contribution in [2.75, 3.05) is 17.4 Å².